The number of carbonyl (C=O) groups is 7. The van der Waals surface area contributed by atoms with Gasteiger partial charge in [-0.2, -0.15) is 0 Å². The van der Waals surface area contributed by atoms with Gasteiger partial charge in [-0.05, 0) is 57.8 Å². The summed E-state index contributed by atoms with van der Waals surface area (Å²) in [4.78, 5) is 96.4. The molecule has 0 aliphatic rings. The Morgan fingerprint density at radius 2 is 1.10 bits per heavy atom. The van der Waals surface area contributed by atoms with Gasteiger partial charge in [0.1, 0.15) is 30.2 Å². The molecule has 6 atom stereocenters. The van der Waals surface area contributed by atoms with Crippen LogP contribution < -0.4 is 60.6 Å². The fraction of sp³-hybridized carbons (Fsp3) is 0.710. The normalized spacial score (nSPS) is 14.3. The fourth-order valence-corrected chi connectivity index (χ4v) is 4.53. The lowest BCUT2D eigenvalue weighted by Gasteiger charge is -2.26. The summed E-state index contributed by atoms with van der Waals surface area (Å²) in [6, 6.07) is -6.63. The van der Waals surface area contributed by atoms with Crippen LogP contribution in [-0.4, -0.2) is 114 Å². The molecule has 52 heavy (non-hydrogen) atoms. The Balaban J connectivity index is 5.51. The monoisotopic (exact) mass is 741 g/mol. The van der Waals surface area contributed by atoms with Gasteiger partial charge in [-0.25, -0.2) is 0 Å². The second-order valence-electron chi connectivity index (χ2n) is 13.1. The largest absolute Gasteiger partial charge is 0.480 e. The van der Waals surface area contributed by atoms with E-state index in [0.29, 0.717) is 12.8 Å². The van der Waals surface area contributed by atoms with Crippen molar-refractivity contribution < 1.29 is 38.7 Å². The number of carbonyl (C=O) groups excluding carboxylic acids is 6. The van der Waals surface area contributed by atoms with Gasteiger partial charge in [0.05, 0.1) is 12.6 Å². The van der Waals surface area contributed by atoms with E-state index in [-0.39, 0.29) is 50.2 Å². The number of nitrogens with one attached hydrogen (secondary N) is 6. The van der Waals surface area contributed by atoms with Gasteiger partial charge >= 0.3 is 5.97 Å². The van der Waals surface area contributed by atoms with Crippen molar-refractivity contribution in [3.8, 4) is 0 Å². The molecule has 21 nitrogen and oxygen atoms in total. The van der Waals surface area contributed by atoms with Crippen molar-refractivity contribution in [1.29, 1.82) is 0 Å². The minimum atomic E-state index is -1.28. The topological polar surface area (TPSA) is 367 Å². The second kappa shape index (κ2) is 24.1. The van der Waals surface area contributed by atoms with Crippen LogP contribution in [0.15, 0.2) is 9.98 Å². The number of guanidine groups is 2. The number of amides is 6. The molecule has 0 aliphatic heterocycles. The molecule has 0 spiro atoms. The van der Waals surface area contributed by atoms with Gasteiger partial charge in [0.2, 0.25) is 35.4 Å². The third-order valence-corrected chi connectivity index (χ3v) is 7.39. The molecule has 0 aliphatic carbocycles. The number of aliphatic imine (C=N–C) groups is 2. The Morgan fingerprint density at radius 3 is 1.54 bits per heavy atom. The molecule has 0 fully saturated rings. The van der Waals surface area contributed by atoms with Crippen LogP contribution in [0.2, 0.25) is 0 Å². The quantitative estimate of drug-likeness (QED) is 0.0254. The molecule has 0 aromatic heterocycles. The van der Waals surface area contributed by atoms with Gasteiger partial charge in [-0.1, -0.05) is 27.7 Å². The van der Waals surface area contributed by atoms with Gasteiger partial charge in [0, 0.05) is 13.1 Å². The van der Waals surface area contributed by atoms with Crippen LogP contribution >= 0.6 is 0 Å². The standard InChI is InChI=1S/C31H59N13O8/c1-15(2)13-19(32)25(47)43-21(10-8-12-38-31(35)36)27(49)40-17(5)24(46)44-23(16(3)4)28(50)39-14-22(45)42-20(9-7-11-37-30(33)34)26(48)41-18(6)29(51)52/h15-21,23H,7-14,32H2,1-6H3,(H,39,50)(H,40,49)(H,41,48)(H,42,45)(H,43,47)(H,44,46)(H,51,52)(H4,33,34,37)(H4,35,36,38)/t17-,18-,19-,20-,21-,23-/m0/s1. The molecule has 6 amide bonds. The van der Waals surface area contributed by atoms with Gasteiger partial charge < -0.3 is 65.7 Å². The van der Waals surface area contributed by atoms with Gasteiger partial charge in [-0.3, -0.25) is 43.5 Å². The summed E-state index contributed by atoms with van der Waals surface area (Å²) in [6.07, 6.45) is 1.15. The fourth-order valence-electron chi connectivity index (χ4n) is 4.53. The van der Waals surface area contributed by atoms with E-state index < -0.39 is 90.1 Å². The number of aliphatic carboxylic acids is 1. The lowest BCUT2D eigenvalue weighted by molar-refractivity contribution is -0.141. The molecule has 21 heteroatoms. The average Bonchev–Trinajstić information content (AvgIpc) is 3.03. The van der Waals surface area contributed by atoms with Crippen LogP contribution in [-0.2, 0) is 33.6 Å². The minimum absolute atomic E-state index is 0.0501. The third kappa shape index (κ3) is 19.8. The van der Waals surface area contributed by atoms with Crippen LogP contribution in [0.3, 0.4) is 0 Å². The highest BCUT2D eigenvalue weighted by atomic mass is 16.4. The van der Waals surface area contributed by atoms with Crippen molar-refractivity contribution in [3.63, 3.8) is 0 Å². The lowest BCUT2D eigenvalue weighted by atomic mass is 10.0. The van der Waals surface area contributed by atoms with Gasteiger partial charge in [0.25, 0.3) is 0 Å². The summed E-state index contributed by atoms with van der Waals surface area (Å²) in [6.45, 7) is 9.49. The summed E-state index contributed by atoms with van der Waals surface area (Å²) < 4.78 is 0. The SMILES string of the molecule is CC(C)C[C@H](N)C(=O)N[C@@H](CCCN=C(N)N)C(=O)N[C@@H](C)C(=O)N[C@H](C(=O)NCC(=O)N[C@@H](CCCN=C(N)N)C(=O)N[C@@H](C)C(=O)O)C(C)C. The molecule has 0 heterocycles. The Kier molecular flexibility index (Phi) is 21.6. The van der Waals surface area contributed by atoms with Gasteiger partial charge in [-0.15, -0.1) is 0 Å². The number of rotatable bonds is 24. The summed E-state index contributed by atoms with van der Waals surface area (Å²) in [5.74, 6) is -6.11. The van der Waals surface area contributed by atoms with E-state index >= 15 is 0 Å². The Labute approximate surface area is 303 Å². The van der Waals surface area contributed by atoms with Crippen molar-refractivity contribution in [3.05, 3.63) is 0 Å². The molecule has 296 valence electrons. The molecule has 17 N–H and O–H groups in total. The van der Waals surface area contributed by atoms with Crippen molar-refractivity contribution in [2.75, 3.05) is 19.6 Å². The van der Waals surface area contributed by atoms with Crippen molar-refractivity contribution in [2.24, 2.45) is 50.5 Å². The molecule has 0 aromatic rings. The van der Waals surface area contributed by atoms with E-state index in [1.165, 1.54) is 13.8 Å². The predicted molar refractivity (Wildman–Crippen MR) is 194 cm³/mol. The van der Waals surface area contributed by atoms with E-state index in [0.717, 1.165) is 0 Å². The maximum Gasteiger partial charge on any atom is 0.325 e. The third-order valence-electron chi connectivity index (χ3n) is 7.39. The van der Waals surface area contributed by atoms with E-state index in [9.17, 15) is 33.6 Å². The number of hydrogen-bond acceptors (Lipinski definition) is 10. The number of hydrogen-bond donors (Lipinski definition) is 12. The first-order valence-corrected chi connectivity index (χ1v) is 17.0. The first-order chi connectivity index (χ1) is 24.2. The van der Waals surface area contributed by atoms with Crippen LogP contribution in [0.4, 0.5) is 0 Å². The van der Waals surface area contributed by atoms with E-state index in [2.05, 4.69) is 41.9 Å². The highest BCUT2D eigenvalue weighted by molar-refractivity contribution is 5.96. The number of nitrogens with two attached hydrogens (primary N) is 5. The van der Waals surface area contributed by atoms with Crippen molar-refractivity contribution >= 4 is 53.3 Å². The van der Waals surface area contributed by atoms with E-state index in [1.54, 1.807) is 13.8 Å². The minimum Gasteiger partial charge on any atom is -0.480 e. The first-order valence-electron chi connectivity index (χ1n) is 17.0. The maximum atomic E-state index is 13.2. The van der Waals surface area contributed by atoms with Crippen LogP contribution in [0.1, 0.15) is 73.6 Å². The molecule has 0 radical (unpaired) electrons. The van der Waals surface area contributed by atoms with Crippen LogP contribution in [0, 0.1) is 11.8 Å². The summed E-state index contributed by atoms with van der Waals surface area (Å²) in [5.41, 5.74) is 27.3. The van der Waals surface area contributed by atoms with E-state index in [1.807, 2.05) is 13.8 Å². The lowest BCUT2D eigenvalue weighted by Crippen LogP contribution is -2.58. The van der Waals surface area contributed by atoms with Crippen molar-refractivity contribution in [1.82, 2.24) is 31.9 Å². The number of nitrogens with zero attached hydrogens (tertiary/aromatic N) is 2. The summed E-state index contributed by atoms with van der Waals surface area (Å²) >= 11 is 0. The van der Waals surface area contributed by atoms with Gasteiger partial charge in [0.15, 0.2) is 11.9 Å². The molecule has 0 saturated heterocycles. The molecule has 0 rings (SSSR count). The average molecular weight is 742 g/mol. The Morgan fingerprint density at radius 1 is 0.615 bits per heavy atom. The molecule has 0 saturated carbocycles. The zero-order valence-electron chi connectivity index (χ0n) is 30.9. The Bertz CT molecular complexity index is 1280. The zero-order chi connectivity index (χ0) is 40.1. The first kappa shape index (κ1) is 46.8. The highest BCUT2D eigenvalue weighted by Crippen LogP contribution is 2.07. The highest BCUT2D eigenvalue weighted by Gasteiger charge is 2.30. The predicted octanol–water partition coefficient (Wildman–Crippen LogP) is -4.21. The molecule has 0 aromatic carbocycles. The smallest absolute Gasteiger partial charge is 0.325 e. The number of carboxylic acids is 1. The molecule has 0 bridgehead atoms. The molecular formula is C31H59N13O8. The molecular weight excluding hydrogens is 682 g/mol. The Hall–Kier alpha value is -5.21. The number of carboxylic acid groups (broad SMARTS) is 1. The van der Waals surface area contributed by atoms with Crippen LogP contribution in [0.25, 0.3) is 0 Å². The second-order valence-corrected chi connectivity index (χ2v) is 13.1. The zero-order valence-corrected chi connectivity index (χ0v) is 30.9. The van der Waals surface area contributed by atoms with Crippen LogP contribution in [0.5, 0.6) is 0 Å². The van der Waals surface area contributed by atoms with Crippen molar-refractivity contribution in [2.45, 2.75) is 110 Å². The van der Waals surface area contributed by atoms with E-state index in [4.69, 9.17) is 33.8 Å². The summed E-state index contributed by atoms with van der Waals surface area (Å²) in [5, 5.41) is 24.0. The maximum absolute atomic E-state index is 13.2. The molecule has 0 unspecified atom stereocenters. The summed E-state index contributed by atoms with van der Waals surface area (Å²) in [7, 11) is 0.